The second kappa shape index (κ2) is 6.21. The van der Waals surface area contributed by atoms with Crippen LogP contribution in [-0.2, 0) is 10.2 Å². The standard InChI is InChI=1S/C14H18N6O3S/c1-3-4-7-17-24(22,23)20-13-9(12(19-20)14(21)15-2)5-6-11-10(13)8-16-18-11/h5-6,8,17,19H,3-4,7H2,1-2H3,(H,15,21). The predicted octanol–water partition coefficient (Wildman–Crippen LogP) is 0.755. The average molecular weight is 350 g/mol. The van der Waals surface area contributed by atoms with Crippen molar-refractivity contribution in [2.24, 2.45) is 0 Å². The Hall–Kier alpha value is -2.46. The molecule has 0 atom stereocenters. The molecule has 0 aliphatic rings. The van der Waals surface area contributed by atoms with Gasteiger partial charge in [-0.1, -0.05) is 13.3 Å². The lowest BCUT2D eigenvalue weighted by Crippen LogP contribution is -2.32. The van der Waals surface area contributed by atoms with Crippen LogP contribution in [0.4, 0.5) is 0 Å². The number of carbonyl (C=O) groups excluding carboxylic acids is 1. The number of rotatable bonds is 6. The lowest BCUT2D eigenvalue weighted by molar-refractivity contribution is 0.0959. The highest BCUT2D eigenvalue weighted by Crippen LogP contribution is 2.27. The van der Waals surface area contributed by atoms with Crippen molar-refractivity contribution in [1.29, 1.82) is 0 Å². The summed E-state index contributed by atoms with van der Waals surface area (Å²) in [7, 11) is -2.39. The summed E-state index contributed by atoms with van der Waals surface area (Å²) in [5, 5.41) is 14.0. The Labute approximate surface area is 138 Å². The van der Waals surface area contributed by atoms with Crippen molar-refractivity contribution in [3.63, 3.8) is 0 Å². The molecule has 3 rings (SSSR count). The van der Waals surface area contributed by atoms with Crippen LogP contribution in [0.2, 0.25) is 0 Å². The first-order chi connectivity index (χ1) is 11.5. The van der Waals surface area contributed by atoms with Crippen molar-refractivity contribution < 1.29 is 13.2 Å². The summed E-state index contributed by atoms with van der Waals surface area (Å²) in [5.74, 6) is -0.408. The second-order valence-electron chi connectivity index (χ2n) is 5.32. The molecule has 0 spiro atoms. The highest BCUT2D eigenvalue weighted by atomic mass is 32.2. The number of unbranched alkanes of at least 4 members (excludes halogenated alkanes) is 1. The number of fused-ring (bicyclic) bond motifs is 3. The van der Waals surface area contributed by atoms with Crippen LogP contribution in [0.3, 0.4) is 0 Å². The van der Waals surface area contributed by atoms with Crippen LogP contribution in [0.1, 0.15) is 30.3 Å². The second-order valence-corrected chi connectivity index (χ2v) is 6.93. The van der Waals surface area contributed by atoms with Crippen molar-refractivity contribution in [3.8, 4) is 0 Å². The van der Waals surface area contributed by atoms with Gasteiger partial charge in [0.05, 0.1) is 17.2 Å². The Kier molecular flexibility index (Phi) is 4.24. The summed E-state index contributed by atoms with van der Waals surface area (Å²) in [6.07, 6.45) is 3.07. The zero-order valence-electron chi connectivity index (χ0n) is 13.3. The molecule has 9 nitrogen and oxygen atoms in total. The zero-order valence-corrected chi connectivity index (χ0v) is 14.1. The van der Waals surface area contributed by atoms with Crippen LogP contribution in [0, 0.1) is 0 Å². The van der Waals surface area contributed by atoms with Crippen molar-refractivity contribution in [2.75, 3.05) is 13.6 Å². The minimum absolute atomic E-state index is 0.163. The SMILES string of the molecule is CCCCNS(=O)(=O)n1[nH]c(C(=O)NC)c2ccc3nncc3c21. The molecule has 128 valence electrons. The number of carbonyl (C=O) groups is 1. The molecule has 3 aromatic rings. The zero-order chi connectivity index (χ0) is 17.3. The lowest BCUT2D eigenvalue weighted by Gasteiger charge is -2.08. The number of hydrogen-bond donors (Lipinski definition) is 3. The third kappa shape index (κ3) is 2.63. The van der Waals surface area contributed by atoms with E-state index < -0.39 is 16.1 Å². The Morgan fingerprint density at radius 3 is 2.83 bits per heavy atom. The van der Waals surface area contributed by atoms with Gasteiger partial charge in [0, 0.05) is 24.4 Å². The maximum absolute atomic E-state index is 12.7. The van der Waals surface area contributed by atoms with Gasteiger partial charge in [-0.2, -0.15) is 27.4 Å². The topological polar surface area (TPSA) is 122 Å². The van der Waals surface area contributed by atoms with Gasteiger partial charge in [-0.05, 0) is 18.6 Å². The van der Waals surface area contributed by atoms with Crippen LogP contribution < -0.4 is 10.0 Å². The number of amides is 1. The highest BCUT2D eigenvalue weighted by molar-refractivity contribution is 7.88. The van der Waals surface area contributed by atoms with Gasteiger partial charge in [0.15, 0.2) is 0 Å². The summed E-state index contributed by atoms with van der Waals surface area (Å²) >= 11 is 0. The number of H-pyrrole nitrogens is 1. The average Bonchev–Trinajstić information content (AvgIpc) is 3.18. The minimum atomic E-state index is -3.87. The number of benzene rings is 1. The number of nitrogens with zero attached hydrogens (tertiary/aromatic N) is 3. The number of nitrogens with one attached hydrogen (secondary N) is 3. The van der Waals surface area contributed by atoms with Gasteiger partial charge in [0.2, 0.25) is 0 Å². The molecule has 0 radical (unpaired) electrons. The third-order valence-corrected chi connectivity index (χ3v) is 5.06. The molecule has 0 fully saturated rings. The van der Waals surface area contributed by atoms with Gasteiger partial charge in [0.1, 0.15) is 5.69 Å². The van der Waals surface area contributed by atoms with Crippen LogP contribution in [0.15, 0.2) is 18.3 Å². The van der Waals surface area contributed by atoms with Crippen molar-refractivity contribution in [2.45, 2.75) is 19.8 Å². The molecule has 10 heteroatoms. The monoisotopic (exact) mass is 350 g/mol. The fourth-order valence-electron chi connectivity index (χ4n) is 2.52. The maximum Gasteiger partial charge on any atom is 0.319 e. The van der Waals surface area contributed by atoms with E-state index in [0.717, 1.165) is 16.9 Å². The molecule has 1 amide bonds. The molecule has 0 saturated heterocycles. The largest absolute Gasteiger partial charge is 0.354 e. The van der Waals surface area contributed by atoms with Crippen LogP contribution in [0.25, 0.3) is 21.8 Å². The maximum atomic E-state index is 12.7. The van der Waals surface area contributed by atoms with E-state index in [1.807, 2.05) is 6.92 Å². The Balaban J connectivity index is 2.26. The van der Waals surface area contributed by atoms with E-state index in [0.29, 0.717) is 28.4 Å². The van der Waals surface area contributed by atoms with E-state index in [2.05, 4.69) is 25.3 Å². The van der Waals surface area contributed by atoms with E-state index in [-0.39, 0.29) is 5.69 Å². The molecular formula is C14H18N6O3S. The molecule has 24 heavy (non-hydrogen) atoms. The normalized spacial score (nSPS) is 12.1. The molecule has 0 aliphatic carbocycles. The molecule has 0 aliphatic heterocycles. The van der Waals surface area contributed by atoms with Crippen LogP contribution >= 0.6 is 0 Å². The van der Waals surface area contributed by atoms with Gasteiger partial charge < -0.3 is 5.32 Å². The first-order valence-electron chi connectivity index (χ1n) is 7.56. The Morgan fingerprint density at radius 1 is 1.33 bits per heavy atom. The summed E-state index contributed by atoms with van der Waals surface area (Å²) in [6, 6.07) is 3.36. The molecular weight excluding hydrogens is 332 g/mol. The molecule has 0 saturated carbocycles. The van der Waals surface area contributed by atoms with Gasteiger partial charge in [0.25, 0.3) is 5.91 Å². The number of aromatic amines is 1. The summed E-state index contributed by atoms with van der Waals surface area (Å²) in [5.41, 5.74) is 1.07. The molecule has 1 aromatic carbocycles. The smallest absolute Gasteiger partial charge is 0.319 e. The van der Waals surface area contributed by atoms with E-state index in [9.17, 15) is 13.2 Å². The predicted molar refractivity (Wildman–Crippen MR) is 90.0 cm³/mol. The molecule has 2 heterocycles. The summed E-state index contributed by atoms with van der Waals surface area (Å²) in [4.78, 5) is 12.1. The quantitative estimate of drug-likeness (QED) is 0.567. The van der Waals surface area contributed by atoms with Crippen molar-refractivity contribution >= 4 is 37.9 Å². The molecule has 0 unspecified atom stereocenters. The Morgan fingerprint density at radius 2 is 2.12 bits per heavy atom. The third-order valence-electron chi connectivity index (χ3n) is 3.74. The van der Waals surface area contributed by atoms with E-state index >= 15 is 0 Å². The fraction of sp³-hybridized carbons (Fsp3) is 0.357. The van der Waals surface area contributed by atoms with Gasteiger partial charge >= 0.3 is 10.2 Å². The van der Waals surface area contributed by atoms with Crippen molar-refractivity contribution in [3.05, 3.63) is 24.0 Å². The molecule has 3 N–H and O–H groups in total. The van der Waals surface area contributed by atoms with Gasteiger partial charge in [-0.3, -0.25) is 9.89 Å². The minimum Gasteiger partial charge on any atom is -0.354 e. The first-order valence-corrected chi connectivity index (χ1v) is 9.00. The number of aromatic nitrogens is 4. The van der Waals surface area contributed by atoms with Crippen LogP contribution in [-0.4, -0.2) is 47.3 Å². The van der Waals surface area contributed by atoms with Crippen molar-refractivity contribution in [1.82, 2.24) is 29.4 Å². The van der Waals surface area contributed by atoms with Gasteiger partial charge in [-0.25, -0.2) is 0 Å². The molecule has 2 aromatic heterocycles. The van der Waals surface area contributed by atoms with E-state index in [4.69, 9.17) is 0 Å². The van der Waals surface area contributed by atoms with E-state index in [1.165, 1.54) is 13.2 Å². The first kappa shape index (κ1) is 16.4. The summed E-state index contributed by atoms with van der Waals surface area (Å²) < 4.78 is 28.8. The van der Waals surface area contributed by atoms with Gasteiger partial charge in [-0.15, -0.1) is 0 Å². The Bertz CT molecular complexity index is 1000. The summed E-state index contributed by atoms with van der Waals surface area (Å²) in [6.45, 7) is 2.29. The fourth-order valence-corrected chi connectivity index (χ4v) is 3.70. The highest BCUT2D eigenvalue weighted by Gasteiger charge is 2.24. The molecule has 0 bridgehead atoms. The number of hydrogen-bond acceptors (Lipinski definition) is 5. The lowest BCUT2D eigenvalue weighted by atomic mass is 10.1. The van der Waals surface area contributed by atoms with E-state index in [1.54, 1.807) is 12.1 Å². The van der Waals surface area contributed by atoms with Crippen LogP contribution in [0.5, 0.6) is 0 Å².